The summed E-state index contributed by atoms with van der Waals surface area (Å²) in [5.41, 5.74) is 8.45. The van der Waals surface area contributed by atoms with E-state index in [9.17, 15) is 4.79 Å². The molecule has 1 heterocycles. The van der Waals surface area contributed by atoms with Crippen molar-refractivity contribution in [3.63, 3.8) is 0 Å². The van der Waals surface area contributed by atoms with E-state index in [1.807, 2.05) is 36.1 Å². The van der Waals surface area contributed by atoms with Crippen molar-refractivity contribution in [2.75, 3.05) is 26.2 Å². The van der Waals surface area contributed by atoms with Crippen LogP contribution in [-0.2, 0) is 6.54 Å². The average Bonchev–Trinajstić information content (AvgIpc) is 2.97. The largest absolute Gasteiger partial charge is 0.457 e. The monoisotopic (exact) mass is 415 g/mol. The number of benzene rings is 2. The Morgan fingerprint density at radius 1 is 1.10 bits per heavy atom. The maximum Gasteiger partial charge on any atom is 0.254 e. The van der Waals surface area contributed by atoms with Gasteiger partial charge in [0.25, 0.3) is 5.91 Å². The van der Waals surface area contributed by atoms with Gasteiger partial charge in [-0.15, -0.1) is 0 Å². The zero-order valence-electron chi connectivity index (χ0n) is 17.5. The van der Waals surface area contributed by atoms with Crippen molar-refractivity contribution in [2.45, 2.75) is 39.8 Å². The summed E-state index contributed by atoms with van der Waals surface area (Å²) in [5, 5.41) is 0.658. The molecule has 2 aromatic carbocycles. The summed E-state index contributed by atoms with van der Waals surface area (Å²) < 4.78 is 6.00. The molecule has 1 aliphatic heterocycles. The smallest absolute Gasteiger partial charge is 0.254 e. The molecule has 0 bridgehead atoms. The second kappa shape index (κ2) is 9.61. The Kier molecular flexibility index (Phi) is 7.17. The van der Waals surface area contributed by atoms with Crippen molar-refractivity contribution >= 4 is 17.5 Å². The highest BCUT2D eigenvalue weighted by Crippen LogP contribution is 2.30. The van der Waals surface area contributed by atoms with Gasteiger partial charge >= 0.3 is 0 Å². The molecule has 0 spiro atoms. The van der Waals surface area contributed by atoms with E-state index in [1.165, 1.54) is 0 Å². The number of rotatable bonds is 5. The first-order valence-electron chi connectivity index (χ1n) is 10.2. The molecule has 1 fully saturated rings. The molecule has 6 heteroatoms. The van der Waals surface area contributed by atoms with Gasteiger partial charge in [-0.05, 0) is 74.7 Å². The zero-order chi connectivity index (χ0) is 21.0. The quantitative estimate of drug-likeness (QED) is 0.783. The zero-order valence-corrected chi connectivity index (χ0v) is 18.2. The van der Waals surface area contributed by atoms with Crippen molar-refractivity contribution < 1.29 is 9.53 Å². The summed E-state index contributed by atoms with van der Waals surface area (Å²) in [4.78, 5) is 17.6. The van der Waals surface area contributed by atoms with E-state index in [-0.39, 0.29) is 12.5 Å². The van der Waals surface area contributed by atoms with Crippen LogP contribution in [0.15, 0.2) is 36.4 Å². The third-order valence-corrected chi connectivity index (χ3v) is 5.82. The van der Waals surface area contributed by atoms with Crippen LogP contribution >= 0.6 is 11.6 Å². The third-order valence-electron chi connectivity index (χ3n) is 5.57. The Balaban J connectivity index is 1.81. The van der Waals surface area contributed by atoms with Crippen molar-refractivity contribution in [1.29, 1.82) is 0 Å². The molecule has 2 N–H and O–H groups in total. The van der Waals surface area contributed by atoms with Gasteiger partial charge in [-0.1, -0.05) is 11.6 Å². The SMILES string of the molecule is Cc1c(Oc2ccc(Cl)cc2)ccc(C(=O)N2CCCN(C(C)C)CC2)c1CN. The minimum atomic E-state index is 0.0530. The van der Waals surface area contributed by atoms with Crippen LogP contribution in [0.25, 0.3) is 0 Å². The lowest BCUT2D eigenvalue weighted by molar-refractivity contribution is 0.0758. The predicted octanol–water partition coefficient (Wildman–Crippen LogP) is 4.46. The van der Waals surface area contributed by atoms with Gasteiger partial charge in [0.15, 0.2) is 0 Å². The van der Waals surface area contributed by atoms with E-state index >= 15 is 0 Å². The van der Waals surface area contributed by atoms with Crippen LogP contribution in [0.1, 0.15) is 41.8 Å². The predicted molar refractivity (Wildman–Crippen MR) is 118 cm³/mol. The lowest BCUT2D eigenvalue weighted by Gasteiger charge is -2.25. The molecule has 1 saturated heterocycles. The second-order valence-corrected chi connectivity index (χ2v) is 8.19. The van der Waals surface area contributed by atoms with Crippen molar-refractivity contribution in [3.05, 3.63) is 58.1 Å². The Bertz CT molecular complexity index is 852. The first-order valence-corrected chi connectivity index (χ1v) is 10.6. The lowest BCUT2D eigenvalue weighted by Crippen LogP contribution is -2.37. The fourth-order valence-electron chi connectivity index (χ4n) is 3.77. The van der Waals surface area contributed by atoms with Gasteiger partial charge < -0.3 is 15.4 Å². The fourth-order valence-corrected chi connectivity index (χ4v) is 3.89. The number of amides is 1. The molecule has 29 heavy (non-hydrogen) atoms. The van der Waals surface area contributed by atoms with Crippen LogP contribution in [0.4, 0.5) is 0 Å². The van der Waals surface area contributed by atoms with Crippen molar-refractivity contribution in [2.24, 2.45) is 5.73 Å². The standard InChI is InChI=1S/C23H30ClN3O2/c1-16(2)26-11-4-12-27(14-13-26)23(28)20-9-10-22(17(3)21(20)15-25)29-19-7-5-18(24)6-8-19/h5-10,16H,4,11-15,25H2,1-3H3. The second-order valence-electron chi connectivity index (χ2n) is 7.75. The van der Waals surface area contributed by atoms with E-state index < -0.39 is 0 Å². The normalized spacial score (nSPS) is 15.4. The summed E-state index contributed by atoms with van der Waals surface area (Å²) in [6, 6.07) is 11.4. The van der Waals surface area contributed by atoms with E-state index in [4.69, 9.17) is 22.1 Å². The van der Waals surface area contributed by atoms with Gasteiger partial charge in [-0.3, -0.25) is 9.69 Å². The Morgan fingerprint density at radius 2 is 1.83 bits per heavy atom. The minimum absolute atomic E-state index is 0.0530. The highest BCUT2D eigenvalue weighted by atomic mass is 35.5. The van der Waals surface area contributed by atoms with Gasteiger partial charge in [0, 0.05) is 49.4 Å². The molecule has 156 valence electrons. The molecular formula is C23H30ClN3O2. The molecule has 1 amide bonds. The van der Waals surface area contributed by atoms with Crippen LogP contribution in [0.3, 0.4) is 0 Å². The molecule has 0 saturated carbocycles. The van der Waals surface area contributed by atoms with E-state index in [2.05, 4.69) is 18.7 Å². The Morgan fingerprint density at radius 3 is 2.48 bits per heavy atom. The number of hydrogen-bond acceptors (Lipinski definition) is 4. The molecule has 5 nitrogen and oxygen atoms in total. The summed E-state index contributed by atoms with van der Waals surface area (Å²) in [6.07, 6.45) is 0.985. The Hall–Kier alpha value is -2.08. The van der Waals surface area contributed by atoms with Crippen LogP contribution < -0.4 is 10.5 Å². The molecule has 0 aromatic heterocycles. The number of carbonyl (C=O) groups excluding carboxylic acids is 1. The molecule has 0 unspecified atom stereocenters. The van der Waals surface area contributed by atoms with E-state index in [0.29, 0.717) is 28.1 Å². The number of carbonyl (C=O) groups is 1. The van der Waals surface area contributed by atoms with Crippen LogP contribution in [0.5, 0.6) is 11.5 Å². The van der Waals surface area contributed by atoms with Crippen LogP contribution in [-0.4, -0.2) is 47.9 Å². The number of hydrogen-bond donors (Lipinski definition) is 1. The average molecular weight is 416 g/mol. The fraction of sp³-hybridized carbons (Fsp3) is 0.435. The molecule has 0 atom stereocenters. The summed E-state index contributed by atoms with van der Waals surface area (Å²) in [6.45, 7) is 10.1. The molecule has 0 radical (unpaired) electrons. The topological polar surface area (TPSA) is 58.8 Å². The first-order chi connectivity index (χ1) is 13.9. The number of nitrogens with zero attached hydrogens (tertiary/aromatic N) is 2. The van der Waals surface area contributed by atoms with Gasteiger partial charge in [0.1, 0.15) is 11.5 Å². The summed E-state index contributed by atoms with van der Waals surface area (Å²) in [7, 11) is 0. The van der Waals surface area contributed by atoms with Gasteiger partial charge in [-0.2, -0.15) is 0 Å². The maximum absolute atomic E-state index is 13.3. The molecule has 3 rings (SSSR count). The van der Waals surface area contributed by atoms with Crippen molar-refractivity contribution in [3.8, 4) is 11.5 Å². The van der Waals surface area contributed by atoms with Gasteiger partial charge in [0.05, 0.1) is 0 Å². The first kappa shape index (κ1) is 21.6. The van der Waals surface area contributed by atoms with Gasteiger partial charge in [-0.25, -0.2) is 0 Å². The summed E-state index contributed by atoms with van der Waals surface area (Å²) in [5.74, 6) is 1.45. The summed E-state index contributed by atoms with van der Waals surface area (Å²) >= 11 is 5.94. The van der Waals surface area contributed by atoms with Crippen molar-refractivity contribution in [1.82, 2.24) is 9.80 Å². The van der Waals surface area contributed by atoms with E-state index in [1.54, 1.807) is 12.1 Å². The highest BCUT2D eigenvalue weighted by molar-refractivity contribution is 6.30. The van der Waals surface area contributed by atoms with Crippen LogP contribution in [0.2, 0.25) is 5.02 Å². The molecule has 0 aliphatic carbocycles. The Labute approximate surface area is 178 Å². The molecular weight excluding hydrogens is 386 g/mol. The number of nitrogens with two attached hydrogens (primary N) is 1. The minimum Gasteiger partial charge on any atom is -0.457 e. The highest BCUT2D eigenvalue weighted by Gasteiger charge is 2.24. The number of halogens is 1. The third kappa shape index (κ3) is 5.10. The maximum atomic E-state index is 13.3. The molecule has 1 aliphatic rings. The van der Waals surface area contributed by atoms with Gasteiger partial charge in [0.2, 0.25) is 0 Å². The van der Waals surface area contributed by atoms with Crippen LogP contribution in [0, 0.1) is 6.92 Å². The lowest BCUT2D eigenvalue weighted by atomic mass is 9.99. The van der Waals surface area contributed by atoms with E-state index in [0.717, 1.165) is 43.7 Å². The number of ether oxygens (including phenoxy) is 1. The molecule has 2 aromatic rings.